The van der Waals surface area contributed by atoms with E-state index in [2.05, 4.69) is 0 Å². The fraction of sp³-hybridized carbons (Fsp3) is 0.708. The van der Waals surface area contributed by atoms with Gasteiger partial charge < -0.3 is 67.1 Å². The highest BCUT2D eigenvalue weighted by Crippen LogP contribution is 2.45. The summed E-state index contributed by atoms with van der Waals surface area (Å²) in [5.74, 6) is -3.13. The molecule has 64 heavy (non-hydrogen) atoms. The van der Waals surface area contributed by atoms with E-state index < -0.39 is 60.1 Å². The number of fused-ring (bicyclic) bond motifs is 2. The number of carbonyl (C=O) groups is 2. The fourth-order valence-electron chi connectivity index (χ4n) is 8.85. The Morgan fingerprint density at radius 2 is 0.875 bits per heavy atom. The average Bonchev–Trinajstić information content (AvgIpc) is 4.01. The Bertz CT molecular complexity index is 1890. The molecule has 8 rings (SSSR count). The summed E-state index contributed by atoms with van der Waals surface area (Å²) < 4.78 is 72.4. The summed E-state index contributed by atoms with van der Waals surface area (Å²) in [6, 6.07) is 7.14. The van der Waals surface area contributed by atoms with Gasteiger partial charge in [-0.25, -0.2) is 0 Å². The molecule has 0 aromatic heterocycles. The fourth-order valence-corrected chi connectivity index (χ4v) is 8.85. The molecule has 0 bridgehead atoms. The van der Waals surface area contributed by atoms with E-state index in [1.54, 1.807) is 12.1 Å². The van der Waals surface area contributed by atoms with Gasteiger partial charge in [0.1, 0.15) is 60.3 Å². The Balaban J connectivity index is 0.000000191. The van der Waals surface area contributed by atoms with Gasteiger partial charge >= 0.3 is 0 Å². The number of carbonyl (C=O) groups excluding carboxylic acids is 2. The molecule has 6 saturated heterocycles. The zero-order valence-corrected chi connectivity index (χ0v) is 39.7. The van der Waals surface area contributed by atoms with Gasteiger partial charge in [0.2, 0.25) is 0 Å². The van der Waals surface area contributed by atoms with Crippen molar-refractivity contribution in [3.05, 3.63) is 57.6 Å². The number of aromatic hydroxyl groups is 2. The Morgan fingerprint density at radius 1 is 0.531 bits per heavy atom. The van der Waals surface area contributed by atoms with Gasteiger partial charge in [-0.05, 0) is 102 Å². The molecule has 6 aliphatic heterocycles. The molecule has 10 atom stereocenters. The summed E-state index contributed by atoms with van der Waals surface area (Å²) in [5.41, 5.74) is 2.97. The zero-order valence-electron chi connectivity index (χ0n) is 39.7. The van der Waals surface area contributed by atoms with Crippen LogP contribution in [0.25, 0.3) is 0 Å². The lowest BCUT2D eigenvalue weighted by molar-refractivity contribution is -0.250. The number of ether oxygens (including phenoxy) is 12. The maximum absolute atomic E-state index is 11.5. The summed E-state index contributed by atoms with van der Waals surface area (Å²) in [4.78, 5) is 23.0. The Hall–Kier alpha value is -3.10. The quantitative estimate of drug-likeness (QED) is 0.236. The lowest BCUT2D eigenvalue weighted by Gasteiger charge is -2.27. The van der Waals surface area contributed by atoms with Crippen LogP contribution >= 0.6 is 0 Å². The van der Waals surface area contributed by atoms with E-state index in [1.807, 2.05) is 109 Å². The Labute approximate surface area is 376 Å². The molecule has 6 heterocycles. The van der Waals surface area contributed by atoms with Crippen molar-refractivity contribution in [1.29, 1.82) is 0 Å². The van der Waals surface area contributed by atoms with Crippen LogP contribution in [-0.4, -0.2) is 121 Å². The highest BCUT2D eigenvalue weighted by molar-refractivity contribution is 5.81. The Morgan fingerprint density at radius 3 is 1.17 bits per heavy atom. The predicted molar refractivity (Wildman–Crippen MR) is 229 cm³/mol. The van der Waals surface area contributed by atoms with Gasteiger partial charge in [-0.1, -0.05) is 41.5 Å². The number of phenolic OH excluding ortho intramolecular Hbond substituents is 2. The molecule has 16 nitrogen and oxygen atoms in total. The summed E-state index contributed by atoms with van der Waals surface area (Å²) in [6.07, 6.45) is -3.29. The van der Waals surface area contributed by atoms with Crippen molar-refractivity contribution in [1.82, 2.24) is 0 Å². The minimum atomic E-state index is -0.785. The van der Waals surface area contributed by atoms with Crippen molar-refractivity contribution in [2.24, 2.45) is 0 Å². The first kappa shape index (κ1) is 48.8. The Kier molecular flexibility index (Phi) is 13.4. The van der Waals surface area contributed by atoms with Crippen molar-refractivity contribution < 1.29 is 76.6 Å². The molecule has 0 radical (unpaired) electrons. The van der Waals surface area contributed by atoms with Crippen LogP contribution in [0.2, 0.25) is 0 Å². The van der Waals surface area contributed by atoms with E-state index in [0.717, 1.165) is 11.1 Å². The van der Waals surface area contributed by atoms with Crippen molar-refractivity contribution in [3.8, 4) is 11.5 Å². The molecule has 0 aliphatic carbocycles. The largest absolute Gasteiger partial charge is 0.507 e. The molecule has 0 saturated carbocycles. The molecule has 6 aliphatic rings. The van der Waals surface area contributed by atoms with Crippen LogP contribution in [-0.2, 0) is 80.9 Å². The molecule has 0 unspecified atom stereocenters. The highest BCUT2D eigenvalue weighted by Gasteiger charge is 2.61. The third kappa shape index (κ3) is 10.5. The van der Waals surface area contributed by atoms with Gasteiger partial charge in [-0.3, -0.25) is 9.59 Å². The summed E-state index contributed by atoms with van der Waals surface area (Å²) in [5, 5.41) is 21.1. The average molecular weight is 901 g/mol. The van der Waals surface area contributed by atoms with E-state index in [0.29, 0.717) is 36.9 Å². The van der Waals surface area contributed by atoms with Gasteiger partial charge in [0.05, 0.1) is 37.6 Å². The lowest BCUT2D eigenvalue weighted by Crippen LogP contribution is -2.40. The molecule has 0 spiro atoms. The molecule has 2 aromatic carbocycles. The number of phenols is 2. The predicted octanol–water partition coefficient (Wildman–Crippen LogP) is 6.83. The van der Waals surface area contributed by atoms with Gasteiger partial charge in [0.15, 0.2) is 48.3 Å². The van der Waals surface area contributed by atoms with E-state index in [9.17, 15) is 19.8 Å². The van der Waals surface area contributed by atoms with Crippen LogP contribution in [0, 0.1) is 0 Å². The van der Waals surface area contributed by atoms with Crippen molar-refractivity contribution in [2.45, 2.75) is 206 Å². The summed E-state index contributed by atoms with van der Waals surface area (Å²) in [7, 11) is 0. The van der Waals surface area contributed by atoms with E-state index >= 15 is 0 Å². The maximum Gasteiger partial charge on any atom is 0.187 e. The second kappa shape index (κ2) is 17.5. The lowest BCUT2D eigenvalue weighted by atomic mass is 9.85. The minimum absolute atomic E-state index is 0.0501. The van der Waals surface area contributed by atoms with E-state index in [4.69, 9.17) is 56.8 Å². The summed E-state index contributed by atoms with van der Waals surface area (Å²) >= 11 is 0. The highest BCUT2D eigenvalue weighted by atomic mass is 16.8. The number of hydrogen-bond donors (Lipinski definition) is 2. The second-order valence-corrected chi connectivity index (χ2v) is 21.3. The maximum atomic E-state index is 11.5. The van der Waals surface area contributed by atoms with Crippen LogP contribution in [0.15, 0.2) is 24.3 Å². The standard InChI is InChI=1S/2C24H34O8/c2*1-22(2,3)15-8-13(10-25)17(26)14(9-15)11-27-21-20-19(31-24(6,7)32-20)18(29-21)16-12-28-23(4,5)30-16/h2*8-10,16,18-21,26H,11-12H2,1-7H3/t2*16-,18-,19+,20+,21-/m11/s1. The van der Waals surface area contributed by atoms with Crippen LogP contribution in [0.3, 0.4) is 0 Å². The first-order valence-electron chi connectivity index (χ1n) is 22.1. The molecular weight excluding hydrogens is 833 g/mol. The van der Waals surface area contributed by atoms with Crippen LogP contribution in [0.4, 0.5) is 0 Å². The second-order valence-electron chi connectivity index (χ2n) is 21.3. The third-order valence-electron chi connectivity index (χ3n) is 12.1. The van der Waals surface area contributed by atoms with Gasteiger partial charge in [-0.15, -0.1) is 0 Å². The van der Waals surface area contributed by atoms with Crippen LogP contribution < -0.4 is 0 Å². The SMILES string of the molecule is CC1(C)O[C@@H]2[C@H](O1)[C@H](OCc1cc(C(C)(C)C)cc(C=O)c1O)O[C@@H]2[C@H]1COC(C)(C)O1.CC1(C)O[C@@H]2[C@H](O1)[C@H](OCc1cc(C(C)(C)C)cc(C=O)c1O)O[C@@H]2[C@H]1COC(C)(C)O1. The molecule has 356 valence electrons. The molecule has 2 N–H and O–H groups in total. The van der Waals surface area contributed by atoms with Crippen LogP contribution in [0.1, 0.15) is 140 Å². The molecule has 2 aromatic rings. The molecular formula is C48H68O16. The normalized spacial score (nSPS) is 33.4. The van der Waals surface area contributed by atoms with Gasteiger partial charge in [-0.2, -0.15) is 0 Å². The molecule has 6 fully saturated rings. The monoisotopic (exact) mass is 900 g/mol. The van der Waals surface area contributed by atoms with Crippen molar-refractivity contribution in [2.75, 3.05) is 13.2 Å². The molecule has 0 amide bonds. The molecule has 16 heteroatoms. The third-order valence-corrected chi connectivity index (χ3v) is 12.1. The first-order chi connectivity index (χ1) is 29.6. The number of hydrogen-bond acceptors (Lipinski definition) is 16. The first-order valence-corrected chi connectivity index (χ1v) is 22.1. The number of benzene rings is 2. The van der Waals surface area contributed by atoms with Crippen LogP contribution in [0.5, 0.6) is 11.5 Å². The summed E-state index contributed by atoms with van der Waals surface area (Å²) in [6.45, 7) is 28.0. The number of aldehydes is 2. The van der Waals surface area contributed by atoms with E-state index in [-0.39, 0.29) is 71.1 Å². The zero-order chi connectivity index (χ0) is 46.9. The number of rotatable bonds is 10. The van der Waals surface area contributed by atoms with E-state index in [1.165, 1.54) is 0 Å². The van der Waals surface area contributed by atoms with Gasteiger partial charge in [0, 0.05) is 11.1 Å². The van der Waals surface area contributed by atoms with Gasteiger partial charge in [0.25, 0.3) is 0 Å². The topological polar surface area (TPSA) is 185 Å². The van der Waals surface area contributed by atoms with Crippen molar-refractivity contribution >= 4 is 12.6 Å². The van der Waals surface area contributed by atoms with Crippen molar-refractivity contribution in [3.63, 3.8) is 0 Å². The smallest absolute Gasteiger partial charge is 0.187 e. The minimum Gasteiger partial charge on any atom is -0.507 e.